The van der Waals surface area contributed by atoms with Crippen LogP contribution in [0.15, 0.2) is 60.7 Å². The van der Waals surface area contributed by atoms with E-state index in [1.165, 1.54) is 10.8 Å². The zero-order chi connectivity index (χ0) is 13.0. The Morgan fingerprint density at radius 2 is 1.38 bits per heavy atom. The number of phenolic OH excluding ortho intramolecular Hbond substituents is 1. The smallest absolute Gasteiger partial charge is 1.00 e. The van der Waals surface area contributed by atoms with Crippen molar-refractivity contribution in [2.45, 2.75) is 0 Å². The van der Waals surface area contributed by atoms with E-state index in [0.717, 1.165) is 0 Å². The third kappa shape index (κ3) is 6.56. The molecule has 0 saturated heterocycles. The number of hydrogen-bond acceptors (Lipinski definition) is 1. The quantitative estimate of drug-likeness (QED) is 0.392. The average molecular weight is 397 g/mol. The Balaban J connectivity index is 0. The van der Waals surface area contributed by atoms with E-state index in [2.05, 4.69) is 42.5 Å². The fraction of sp³-hybridized carbons (Fsp3) is 0. The minimum absolute atomic E-state index is 0. The minimum Gasteiger partial charge on any atom is -1.00 e. The van der Waals surface area contributed by atoms with Crippen molar-refractivity contribution < 1.29 is 51.6 Å². The maximum atomic E-state index is 8.94. The van der Waals surface area contributed by atoms with Crippen molar-refractivity contribution >= 4 is 34.0 Å². The van der Waals surface area contributed by atoms with E-state index in [9.17, 15) is 0 Å². The average Bonchev–Trinajstić information content (AvgIpc) is 2.85. The second-order valence-electron chi connectivity index (χ2n) is 3.72. The van der Waals surface area contributed by atoms with E-state index in [1.54, 1.807) is 18.2 Å². The van der Waals surface area contributed by atoms with Gasteiger partial charge < -0.3 is 29.9 Å². The molecule has 3 aromatic rings. The number of rotatable bonds is 0. The number of hydrogen-bond donors (Lipinski definition) is 1. The number of fused-ring (bicyclic) bond motifs is 1. The summed E-state index contributed by atoms with van der Waals surface area (Å²) < 4.78 is 0. The van der Waals surface area contributed by atoms with Gasteiger partial charge in [0.1, 0.15) is 0 Å². The van der Waals surface area contributed by atoms with Crippen LogP contribution in [0, 0.1) is 0 Å². The number of benzene rings is 2. The third-order valence-electron chi connectivity index (χ3n) is 2.49. The molecule has 0 aromatic heterocycles. The van der Waals surface area contributed by atoms with Crippen LogP contribution in [0.3, 0.4) is 0 Å². The molecule has 0 fully saturated rings. The molecular formula is C15H11Cl4OTi. The van der Waals surface area contributed by atoms with Gasteiger partial charge in [0.05, 0.1) is 10.0 Å². The van der Waals surface area contributed by atoms with Crippen molar-refractivity contribution in [3.8, 4) is 5.75 Å². The van der Waals surface area contributed by atoms with Crippen LogP contribution in [0.2, 0.25) is 10.0 Å². The van der Waals surface area contributed by atoms with Crippen LogP contribution >= 0.6 is 23.2 Å². The second-order valence-corrected chi connectivity index (χ2v) is 4.54. The molecule has 1 N–H and O–H groups in total. The Morgan fingerprint density at radius 1 is 0.810 bits per heavy atom. The molecule has 0 amide bonds. The van der Waals surface area contributed by atoms with Crippen molar-refractivity contribution in [1.82, 2.24) is 0 Å². The van der Waals surface area contributed by atoms with Crippen molar-refractivity contribution in [3.63, 3.8) is 0 Å². The second kappa shape index (κ2) is 11.3. The van der Waals surface area contributed by atoms with E-state index < -0.39 is 0 Å². The van der Waals surface area contributed by atoms with E-state index >= 15 is 0 Å². The molecule has 109 valence electrons. The molecule has 0 spiro atoms. The first kappa shape index (κ1) is 23.0. The number of aromatic hydroxyl groups is 1. The van der Waals surface area contributed by atoms with Gasteiger partial charge in [-0.2, -0.15) is 17.5 Å². The molecule has 1 radical (unpaired) electrons. The first-order valence-electron chi connectivity index (χ1n) is 5.42. The summed E-state index contributed by atoms with van der Waals surface area (Å²) in [6.07, 6.45) is 0. The first-order chi connectivity index (χ1) is 8.68. The summed E-state index contributed by atoms with van der Waals surface area (Å²) in [6, 6.07) is 19.5. The molecule has 0 saturated carbocycles. The van der Waals surface area contributed by atoms with Crippen molar-refractivity contribution in [1.29, 1.82) is 0 Å². The molecule has 0 heterocycles. The Morgan fingerprint density at radius 3 is 1.90 bits per heavy atom. The molecule has 3 rings (SSSR count). The Bertz CT molecular complexity index is 604. The normalized spacial score (nSPS) is 8.48. The van der Waals surface area contributed by atoms with Crippen LogP contribution in [-0.2, 0) is 21.7 Å². The standard InChI is InChI=1S/C9H7.C6H4Cl2O.2ClH.Ti/c1-2-5-9-7-3-6-8(9)4-1;7-4-2-1-3-5(8)6(4)9;;;/h1-7H;1-3,9H;2*1H;/q-1;;;;+3/p-2. The minimum atomic E-state index is -0.0548. The molecule has 3 aromatic carbocycles. The molecule has 0 aliphatic carbocycles. The first-order valence-corrected chi connectivity index (χ1v) is 6.17. The van der Waals surface area contributed by atoms with E-state index in [0.29, 0.717) is 0 Å². The summed E-state index contributed by atoms with van der Waals surface area (Å²) in [6.45, 7) is 0. The van der Waals surface area contributed by atoms with E-state index in [-0.39, 0.29) is 62.3 Å². The number of halogens is 4. The summed E-state index contributed by atoms with van der Waals surface area (Å²) in [7, 11) is 0. The Hall–Kier alpha value is -0.276. The van der Waals surface area contributed by atoms with Crippen LogP contribution in [-0.4, -0.2) is 5.11 Å². The summed E-state index contributed by atoms with van der Waals surface area (Å²) >= 11 is 11.0. The van der Waals surface area contributed by atoms with Gasteiger partial charge in [-0.25, -0.2) is 0 Å². The van der Waals surface area contributed by atoms with Gasteiger partial charge in [-0.1, -0.05) is 35.3 Å². The topological polar surface area (TPSA) is 20.2 Å². The monoisotopic (exact) mass is 395 g/mol. The van der Waals surface area contributed by atoms with Gasteiger partial charge >= 0.3 is 21.7 Å². The zero-order valence-electron chi connectivity index (χ0n) is 10.7. The summed E-state index contributed by atoms with van der Waals surface area (Å²) in [4.78, 5) is 0. The summed E-state index contributed by atoms with van der Waals surface area (Å²) in [5.74, 6) is -0.0548. The molecular weight excluding hydrogens is 386 g/mol. The molecule has 21 heavy (non-hydrogen) atoms. The molecule has 1 nitrogen and oxygen atoms in total. The SMILES string of the molecule is Oc1c(Cl)cccc1Cl.[Cl-].[Cl-].[Ti+3].c1ccc2[cH-]ccc2c1. The van der Waals surface area contributed by atoms with Crippen LogP contribution in [0.4, 0.5) is 0 Å². The van der Waals surface area contributed by atoms with Gasteiger partial charge in [0.25, 0.3) is 0 Å². The fourth-order valence-electron chi connectivity index (χ4n) is 1.56. The van der Waals surface area contributed by atoms with E-state index in [4.69, 9.17) is 28.3 Å². The van der Waals surface area contributed by atoms with Crippen molar-refractivity contribution in [2.75, 3.05) is 0 Å². The molecule has 0 bridgehead atoms. The number of para-hydroxylation sites is 1. The van der Waals surface area contributed by atoms with Gasteiger partial charge in [-0.15, -0.1) is 29.7 Å². The van der Waals surface area contributed by atoms with Crippen LogP contribution in [0.1, 0.15) is 0 Å². The van der Waals surface area contributed by atoms with Crippen LogP contribution in [0.5, 0.6) is 5.75 Å². The maximum absolute atomic E-state index is 8.94. The predicted octanol–water partition coefficient (Wildman–Crippen LogP) is -0.737. The van der Waals surface area contributed by atoms with Crippen LogP contribution in [0.25, 0.3) is 10.8 Å². The zero-order valence-corrected chi connectivity index (χ0v) is 15.3. The Kier molecular flexibility index (Phi) is 12.4. The molecule has 0 unspecified atom stereocenters. The van der Waals surface area contributed by atoms with Crippen LogP contribution < -0.4 is 24.8 Å². The van der Waals surface area contributed by atoms with Crippen molar-refractivity contribution in [3.05, 3.63) is 70.7 Å². The van der Waals surface area contributed by atoms with Gasteiger partial charge in [-0.05, 0) is 12.1 Å². The summed E-state index contributed by atoms with van der Waals surface area (Å²) in [5.41, 5.74) is 0. The Labute approximate surface area is 161 Å². The summed E-state index contributed by atoms with van der Waals surface area (Å²) in [5, 5.41) is 12.2. The maximum Gasteiger partial charge on any atom is 3.00 e. The van der Waals surface area contributed by atoms with Gasteiger partial charge in [-0.3, -0.25) is 0 Å². The molecule has 0 aliphatic heterocycles. The largest absolute Gasteiger partial charge is 3.00 e. The van der Waals surface area contributed by atoms with Gasteiger partial charge in [0.15, 0.2) is 5.75 Å². The fourth-order valence-corrected chi connectivity index (χ4v) is 1.96. The predicted molar refractivity (Wildman–Crippen MR) is 77.7 cm³/mol. The van der Waals surface area contributed by atoms with E-state index in [1.807, 2.05) is 0 Å². The molecule has 0 aliphatic rings. The number of phenols is 1. The molecule has 6 heteroatoms. The van der Waals surface area contributed by atoms with Gasteiger partial charge in [0.2, 0.25) is 0 Å². The van der Waals surface area contributed by atoms with Crippen molar-refractivity contribution in [2.24, 2.45) is 0 Å². The molecule has 0 atom stereocenters. The van der Waals surface area contributed by atoms with Gasteiger partial charge in [0, 0.05) is 0 Å². The third-order valence-corrected chi connectivity index (χ3v) is 3.10.